The molecule has 0 unspecified atom stereocenters. The molecule has 0 spiro atoms. The van der Waals surface area contributed by atoms with Gasteiger partial charge in [0.25, 0.3) is 0 Å². The molecule has 0 saturated carbocycles. The van der Waals surface area contributed by atoms with Crippen molar-refractivity contribution < 1.29 is 9.53 Å². The summed E-state index contributed by atoms with van der Waals surface area (Å²) in [6, 6.07) is 8.00. The predicted octanol–water partition coefficient (Wildman–Crippen LogP) is 2.16. The molecular formula is C14H18N4O2. The summed E-state index contributed by atoms with van der Waals surface area (Å²) in [5.41, 5.74) is 1.28. The van der Waals surface area contributed by atoms with Gasteiger partial charge in [-0.2, -0.15) is 10.1 Å². The zero-order chi connectivity index (χ0) is 14.2. The van der Waals surface area contributed by atoms with E-state index in [0.29, 0.717) is 25.4 Å². The monoisotopic (exact) mass is 274 g/mol. The molecule has 106 valence electrons. The van der Waals surface area contributed by atoms with Crippen LogP contribution in [0.1, 0.15) is 25.3 Å². The third kappa shape index (κ3) is 4.38. The molecule has 1 aromatic heterocycles. The van der Waals surface area contributed by atoms with E-state index in [1.165, 1.54) is 11.9 Å². The number of benzene rings is 1. The molecule has 6 nitrogen and oxygen atoms in total. The first kappa shape index (κ1) is 14.0. The van der Waals surface area contributed by atoms with Gasteiger partial charge in [0.1, 0.15) is 12.1 Å². The Hall–Kier alpha value is -2.37. The molecule has 0 bridgehead atoms. The van der Waals surface area contributed by atoms with Crippen LogP contribution in [0.25, 0.3) is 0 Å². The van der Waals surface area contributed by atoms with Crippen LogP contribution >= 0.6 is 0 Å². The maximum absolute atomic E-state index is 11.6. The quantitative estimate of drug-likeness (QED) is 0.758. The van der Waals surface area contributed by atoms with Gasteiger partial charge in [-0.1, -0.05) is 19.1 Å². The van der Waals surface area contributed by atoms with Crippen molar-refractivity contribution in [3.8, 4) is 5.75 Å². The van der Waals surface area contributed by atoms with Crippen molar-refractivity contribution in [3.63, 3.8) is 0 Å². The number of hydrogen-bond donors (Lipinski definition) is 2. The number of aromatic nitrogens is 3. The summed E-state index contributed by atoms with van der Waals surface area (Å²) >= 11 is 0. The minimum Gasteiger partial charge on any atom is -0.494 e. The third-order valence-electron chi connectivity index (χ3n) is 2.82. The second-order valence-corrected chi connectivity index (χ2v) is 4.33. The zero-order valence-corrected chi connectivity index (χ0v) is 11.4. The molecule has 2 rings (SSSR count). The summed E-state index contributed by atoms with van der Waals surface area (Å²) < 4.78 is 5.58. The third-order valence-corrected chi connectivity index (χ3v) is 2.82. The van der Waals surface area contributed by atoms with Gasteiger partial charge >= 0.3 is 0 Å². The van der Waals surface area contributed by atoms with Crippen molar-refractivity contribution in [1.29, 1.82) is 0 Å². The van der Waals surface area contributed by atoms with Crippen molar-refractivity contribution in [2.75, 3.05) is 11.9 Å². The van der Waals surface area contributed by atoms with Crippen molar-refractivity contribution in [3.05, 3.63) is 36.2 Å². The lowest BCUT2D eigenvalue weighted by Crippen LogP contribution is -2.13. The lowest BCUT2D eigenvalue weighted by Gasteiger charge is -2.06. The van der Waals surface area contributed by atoms with Crippen LogP contribution in [0.5, 0.6) is 5.75 Å². The number of aromatic amines is 1. The SMILES string of the molecule is CCc1ccc(OCCCC(=O)Nc2ncn[nH]2)cc1. The van der Waals surface area contributed by atoms with Crippen LogP contribution in [-0.4, -0.2) is 27.7 Å². The standard InChI is InChI=1S/C14H18N4O2/c1-2-11-5-7-12(8-6-11)20-9-3-4-13(19)17-14-15-10-16-18-14/h5-8,10H,2-4,9H2,1H3,(H2,15,16,17,18,19). The number of carbonyl (C=O) groups excluding carboxylic acids is 1. The van der Waals surface area contributed by atoms with Gasteiger partial charge < -0.3 is 4.74 Å². The summed E-state index contributed by atoms with van der Waals surface area (Å²) in [6.45, 7) is 2.62. The van der Waals surface area contributed by atoms with Gasteiger partial charge in [0.2, 0.25) is 11.9 Å². The summed E-state index contributed by atoms with van der Waals surface area (Å²) in [5, 5.41) is 8.83. The molecule has 1 heterocycles. The van der Waals surface area contributed by atoms with E-state index in [0.717, 1.165) is 12.2 Å². The minimum absolute atomic E-state index is 0.105. The number of nitrogens with one attached hydrogen (secondary N) is 2. The number of aryl methyl sites for hydroxylation is 1. The van der Waals surface area contributed by atoms with Gasteiger partial charge in [-0.3, -0.25) is 10.1 Å². The fraction of sp³-hybridized carbons (Fsp3) is 0.357. The van der Waals surface area contributed by atoms with Crippen molar-refractivity contribution in [1.82, 2.24) is 15.2 Å². The number of ether oxygens (including phenoxy) is 1. The second-order valence-electron chi connectivity index (χ2n) is 4.33. The molecular weight excluding hydrogens is 256 g/mol. The van der Waals surface area contributed by atoms with Gasteiger partial charge in [-0.25, -0.2) is 5.10 Å². The number of nitrogens with zero attached hydrogens (tertiary/aromatic N) is 2. The topological polar surface area (TPSA) is 79.9 Å². The van der Waals surface area contributed by atoms with Crippen LogP contribution in [0, 0.1) is 0 Å². The smallest absolute Gasteiger partial charge is 0.226 e. The summed E-state index contributed by atoms with van der Waals surface area (Å²) in [4.78, 5) is 15.4. The highest BCUT2D eigenvalue weighted by atomic mass is 16.5. The van der Waals surface area contributed by atoms with Crippen LogP contribution in [0.3, 0.4) is 0 Å². The highest BCUT2D eigenvalue weighted by Crippen LogP contribution is 2.13. The van der Waals surface area contributed by atoms with E-state index in [1.807, 2.05) is 24.3 Å². The average molecular weight is 274 g/mol. The molecule has 0 aliphatic carbocycles. The van der Waals surface area contributed by atoms with E-state index in [-0.39, 0.29) is 5.91 Å². The number of hydrogen-bond acceptors (Lipinski definition) is 4. The van der Waals surface area contributed by atoms with Crippen molar-refractivity contribution >= 4 is 11.9 Å². The van der Waals surface area contributed by atoms with Crippen molar-refractivity contribution in [2.45, 2.75) is 26.2 Å². The first-order chi connectivity index (χ1) is 9.78. The van der Waals surface area contributed by atoms with E-state index in [2.05, 4.69) is 27.4 Å². The molecule has 0 aliphatic rings. The van der Waals surface area contributed by atoms with Gasteiger partial charge in [-0.05, 0) is 30.5 Å². The molecule has 20 heavy (non-hydrogen) atoms. The molecule has 0 radical (unpaired) electrons. The first-order valence-corrected chi connectivity index (χ1v) is 6.65. The van der Waals surface area contributed by atoms with E-state index in [9.17, 15) is 4.79 Å². The van der Waals surface area contributed by atoms with Crippen LogP contribution in [0.4, 0.5) is 5.95 Å². The van der Waals surface area contributed by atoms with E-state index >= 15 is 0 Å². The molecule has 0 atom stereocenters. The van der Waals surface area contributed by atoms with Crippen molar-refractivity contribution in [2.24, 2.45) is 0 Å². The van der Waals surface area contributed by atoms with E-state index < -0.39 is 0 Å². The molecule has 2 N–H and O–H groups in total. The highest BCUT2D eigenvalue weighted by molar-refractivity contribution is 5.88. The van der Waals surface area contributed by atoms with Crippen LogP contribution in [0.2, 0.25) is 0 Å². The summed E-state index contributed by atoms with van der Waals surface area (Å²) in [5.74, 6) is 1.09. The Labute approximate surface area is 117 Å². The largest absolute Gasteiger partial charge is 0.494 e. The molecule has 0 aliphatic heterocycles. The van der Waals surface area contributed by atoms with Gasteiger partial charge in [0.15, 0.2) is 0 Å². The van der Waals surface area contributed by atoms with Gasteiger partial charge in [0.05, 0.1) is 6.61 Å². The molecule has 2 aromatic rings. The Kier molecular flexibility index (Phi) is 5.11. The maximum Gasteiger partial charge on any atom is 0.226 e. The van der Waals surface area contributed by atoms with Gasteiger partial charge in [-0.15, -0.1) is 0 Å². The van der Waals surface area contributed by atoms with Crippen LogP contribution < -0.4 is 10.1 Å². The van der Waals surface area contributed by atoms with E-state index in [4.69, 9.17) is 4.74 Å². The molecule has 0 fully saturated rings. The Morgan fingerprint density at radius 3 is 2.80 bits per heavy atom. The lowest BCUT2D eigenvalue weighted by atomic mass is 10.2. The normalized spacial score (nSPS) is 10.2. The fourth-order valence-electron chi connectivity index (χ4n) is 1.70. The summed E-state index contributed by atoms with van der Waals surface area (Å²) in [6.07, 6.45) is 3.39. The minimum atomic E-state index is -0.105. The number of H-pyrrole nitrogens is 1. The maximum atomic E-state index is 11.6. The Morgan fingerprint density at radius 2 is 2.15 bits per heavy atom. The average Bonchev–Trinajstić information content (AvgIpc) is 2.97. The number of rotatable bonds is 7. The first-order valence-electron chi connectivity index (χ1n) is 6.65. The zero-order valence-electron chi connectivity index (χ0n) is 11.4. The highest BCUT2D eigenvalue weighted by Gasteiger charge is 2.04. The lowest BCUT2D eigenvalue weighted by molar-refractivity contribution is -0.116. The molecule has 1 amide bonds. The Bertz CT molecular complexity index is 523. The number of anilines is 1. The molecule has 0 saturated heterocycles. The molecule has 1 aromatic carbocycles. The molecule has 6 heteroatoms. The van der Waals surface area contributed by atoms with Crippen LogP contribution in [-0.2, 0) is 11.2 Å². The fourth-order valence-corrected chi connectivity index (χ4v) is 1.70. The number of amides is 1. The van der Waals surface area contributed by atoms with Crippen LogP contribution in [0.15, 0.2) is 30.6 Å². The van der Waals surface area contributed by atoms with Gasteiger partial charge in [0, 0.05) is 6.42 Å². The summed E-state index contributed by atoms with van der Waals surface area (Å²) in [7, 11) is 0. The number of carbonyl (C=O) groups is 1. The predicted molar refractivity (Wildman–Crippen MR) is 75.6 cm³/mol. The Balaban J connectivity index is 1.64. The Morgan fingerprint density at radius 1 is 1.35 bits per heavy atom. The van der Waals surface area contributed by atoms with E-state index in [1.54, 1.807) is 0 Å². The second kappa shape index (κ2) is 7.28.